The SMILES string of the molecule is CCNC(=NCCCS(=O)(=O)Cc1ccccc1)NCCC(=O)N(CC)CC. The van der Waals surface area contributed by atoms with E-state index >= 15 is 0 Å². The minimum atomic E-state index is -3.15. The fourth-order valence-electron chi connectivity index (χ4n) is 2.74. The maximum absolute atomic E-state index is 12.2. The second kappa shape index (κ2) is 13.1. The third-order valence-electron chi connectivity index (χ3n) is 4.20. The van der Waals surface area contributed by atoms with Crippen LogP contribution in [0.25, 0.3) is 0 Å². The van der Waals surface area contributed by atoms with Gasteiger partial charge in [0.05, 0.1) is 11.5 Å². The van der Waals surface area contributed by atoms with Gasteiger partial charge in [-0.25, -0.2) is 8.42 Å². The van der Waals surface area contributed by atoms with Gasteiger partial charge in [0.15, 0.2) is 15.8 Å². The predicted octanol–water partition coefficient (Wildman–Crippen LogP) is 1.81. The van der Waals surface area contributed by atoms with E-state index in [1.807, 2.05) is 51.1 Å². The molecule has 0 atom stereocenters. The van der Waals surface area contributed by atoms with Gasteiger partial charge < -0.3 is 15.5 Å². The van der Waals surface area contributed by atoms with E-state index in [2.05, 4.69) is 15.6 Å². The molecule has 0 radical (unpaired) electrons. The molecule has 8 heteroatoms. The fourth-order valence-corrected chi connectivity index (χ4v) is 4.15. The van der Waals surface area contributed by atoms with Gasteiger partial charge in [-0.3, -0.25) is 9.79 Å². The largest absolute Gasteiger partial charge is 0.357 e. The van der Waals surface area contributed by atoms with Crippen LogP contribution in [0.2, 0.25) is 0 Å². The number of hydrogen-bond donors (Lipinski definition) is 2. The van der Waals surface area contributed by atoms with E-state index in [1.165, 1.54) is 0 Å². The van der Waals surface area contributed by atoms with E-state index in [0.29, 0.717) is 51.5 Å². The van der Waals surface area contributed by atoms with Crippen LogP contribution in [0.3, 0.4) is 0 Å². The third-order valence-corrected chi connectivity index (χ3v) is 5.89. The molecule has 0 aliphatic heterocycles. The van der Waals surface area contributed by atoms with Gasteiger partial charge in [-0.05, 0) is 32.8 Å². The molecule has 0 aliphatic rings. The lowest BCUT2D eigenvalue weighted by molar-refractivity contribution is -0.130. The molecule has 0 spiro atoms. The molecule has 0 aliphatic carbocycles. The van der Waals surface area contributed by atoms with Crippen molar-refractivity contribution in [1.82, 2.24) is 15.5 Å². The molecule has 0 unspecified atom stereocenters. The summed E-state index contributed by atoms with van der Waals surface area (Å²) in [6, 6.07) is 9.20. The number of sulfone groups is 1. The summed E-state index contributed by atoms with van der Waals surface area (Å²) in [7, 11) is -3.15. The van der Waals surface area contributed by atoms with Crippen LogP contribution in [-0.2, 0) is 20.4 Å². The van der Waals surface area contributed by atoms with Gasteiger partial charge in [0.1, 0.15) is 0 Å². The van der Waals surface area contributed by atoms with Gasteiger partial charge in [-0.1, -0.05) is 30.3 Å². The predicted molar refractivity (Wildman–Crippen MR) is 115 cm³/mol. The van der Waals surface area contributed by atoms with Crippen LogP contribution in [0.5, 0.6) is 0 Å². The highest BCUT2D eigenvalue weighted by Gasteiger charge is 2.12. The molecule has 1 aromatic rings. The van der Waals surface area contributed by atoms with Gasteiger partial charge in [0.25, 0.3) is 0 Å². The van der Waals surface area contributed by atoms with Crippen LogP contribution in [0, 0.1) is 0 Å². The number of guanidine groups is 1. The molecular weight excluding hydrogens is 376 g/mol. The zero-order valence-corrected chi connectivity index (χ0v) is 18.1. The van der Waals surface area contributed by atoms with Crippen LogP contribution in [0.1, 0.15) is 39.2 Å². The number of amides is 1. The Morgan fingerprint density at radius 2 is 1.75 bits per heavy atom. The van der Waals surface area contributed by atoms with Gasteiger partial charge in [0.2, 0.25) is 5.91 Å². The van der Waals surface area contributed by atoms with Crippen LogP contribution >= 0.6 is 0 Å². The summed E-state index contributed by atoms with van der Waals surface area (Å²) in [4.78, 5) is 18.2. The molecule has 1 amide bonds. The molecule has 0 saturated heterocycles. The highest BCUT2D eigenvalue weighted by molar-refractivity contribution is 7.90. The van der Waals surface area contributed by atoms with Crippen molar-refractivity contribution in [2.45, 2.75) is 39.4 Å². The minimum Gasteiger partial charge on any atom is -0.357 e. The van der Waals surface area contributed by atoms with E-state index in [9.17, 15) is 13.2 Å². The van der Waals surface area contributed by atoms with Crippen molar-refractivity contribution in [2.75, 3.05) is 38.5 Å². The standard InChI is InChI=1S/C20H34N4O3S/c1-4-21-20(23-15-13-19(25)24(5-2)6-3)22-14-10-16-28(26,27)17-18-11-8-7-9-12-18/h7-9,11-12H,4-6,10,13-17H2,1-3H3,(H2,21,22,23). The Balaban J connectivity index is 2.42. The molecule has 158 valence electrons. The lowest BCUT2D eigenvalue weighted by Gasteiger charge is -2.19. The molecule has 0 heterocycles. The Morgan fingerprint density at radius 1 is 1.07 bits per heavy atom. The quantitative estimate of drug-likeness (QED) is 0.312. The van der Waals surface area contributed by atoms with Gasteiger partial charge >= 0.3 is 0 Å². The first kappa shape index (κ1) is 23.9. The summed E-state index contributed by atoms with van der Waals surface area (Å²) in [6.45, 7) is 8.91. The van der Waals surface area contributed by atoms with Crippen molar-refractivity contribution in [3.63, 3.8) is 0 Å². The Labute approximate surface area is 169 Å². The summed E-state index contributed by atoms with van der Waals surface area (Å²) >= 11 is 0. The monoisotopic (exact) mass is 410 g/mol. The first-order valence-electron chi connectivity index (χ1n) is 9.96. The number of hydrogen-bond acceptors (Lipinski definition) is 4. The Bertz CT molecular complexity index is 701. The van der Waals surface area contributed by atoms with Crippen molar-refractivity contribution in [3.05, 3.63) is 35.9 Å². The molecule has 0 fully saturated rings. The maximum atomic E-state index is 12.2. The second-order valence-electron chi connectivity index (χ2n) is 6.43. The Kier molecular flexibility index (Phi) is 11.2. The number of nitrogens with one attached hydrogen (secondary N) is 2. The summed E-state index contributed by atoms with van der Waals surface area (Å²) in [5.41, 5.74) is 0.805. The maximum Gasteiger partial charge on any atom is 0.224 e. The number of carbonyl (C=O) groups is 1. The van der Waals surface area contributed by atoms with Crippen molar-refractivity contribution in [2.24, 2.45) is 4.99 Å². The van der Waals surface area contributed by atoms with Crippen LogP contribution in [-0.4, -0.2) is 63.7 Å². The average molecular weight is 411 g/mol. The molecule has 0 aromatic heterocycles. The highest BCUT2D eigenvalue weighted by atomic mass is 32.2. The van der Waals surface area contributed by atoms with Gasteiger partial charge in [-0.15, -0.1) is 0 Å². The first-order valence-corrected chi connectivity index (χ1v) is 11.8. The molecule has 0 saturated carbocycles. The molecule has 7 nitrogen and oxygen atoms in total. The lowest BCUT2D eigenvalue weighted by atomic mass is 10.2. The Morgan fingerprint density at radius 3 is 2.36 bits per heavy atom. The average Bonchev–Trinajstić information content (AvgIpc) is 2.66. The molecular formula is C20H34N4O3S. The van der Waals surface area contributed by atoms with Gasteiger partial charge in [0, 0.05) is 39.1 Å². The second-order valence-corrected chi connectivity index (χ2v) is 8.62. The zero-order chi connectivity index (χ0) is 20.8. The lowest BCUT2D eigenvalue weighted by Crippen LogP contribution is -2.40. The molecule has 2 N–H and O–H groups in total. The molecule has 28 heavy (non-hydrogen) atoms. The summed E-state index contributed by atoms with van der Waals surface area (Å²) in [6.07, 6.45) is 0.863. The van der Waals surface area contributed by atoms with Gasteiger partial charge in [-0.2, -0.15) is 0 Å². The van der Waals surface area contributed by atoms with Crippen LogP contribution in [0.15, 0.2) is 35.3 Å². The third kappa shape index (κ3) is 9.73. The number of carbonyl (C=O) groups excluding carboxylic acids is 1. The fraction of sp³-hybridized carbons (Fsp3) is 0.600. The summed E-state index contributed by atoms with van der Waals surface area (Å²) in [5, 5.41) is 6.25. The normalized spacial score (nSPS) is 11.9. The van der Waals surface area contributed by atoms with E-state index in [4.69, 9.17) is 0 Å². The first-order chi connectivity index (χ1) is 13.4. The van der Waals surface area contributed by atoms with Crippen LogP contribution in [0.4, 0.5) is 0 Å². The zero-order valence-electron chi connectivity index (χ0n) is 17.3. The molecule has 1 aromatic carbocycles. The van der Waals surface area contributed by atoms with E-state index in [-0.39, 0.29) is 17.4 Å². The van der Waals surface area contributed by atoms with Crippen molar-refractivity contribution < 1.29 is 13.2 Å². The summed E-state index contributed by atoms with van der Waals surface area (Å²) in [5.74, 6) is 0.879. The Hall–Kier alpha value is -2.09. The van der Waals surface area contributed by atoms with E-state index in [1.54, 1.807) is 4.90 Å². The molecule has 1 rings (SSSR count). The molecule has 0 bridgehead atoms. The topological polar surface area (TPSA) is 90.9 Å². The summed E-state index contributed by atoms with van der Waals surface area (Å²) < 4.78 is 24.4. The number of benzene rings is 1. The van der Waals surface area contributed by atoms with E-state index < -0.39 is 9.84 Å². The van der Waals surface area contributed by atoms with Crippen molar-refractivity contribution >= 4 is 21.7 Å². The highest BCUT2D eigenvalue weighted by Crippen LogP contribution is 2.07. The number of nitrogens with zero attached hydrogens (tertiary/aromatic N) is 2. The minimum absolute atomic E-state index is 0.0589. The van der Waals surface area contributed by atoms with Crippen molar-refractivity contribution in [1.29, 1.82) is 0 Å². The van der Waals surface area contributed by atoms with Crippen molar-refractivity contribution in [3.8, 4) is 0 Å². The number of rotatable bonds is 12. The van der Waals surface area contributed by atoms with E-state index in [0.717, 1.165) is 5.56 Å². The number of aliphatic imine (C=N–C) groups is 1. The smallest absolute Gasteiger partial charge is 0.224 e. The van der Waals surface area contributed by atoms with Crippen LogP contribution < -0.4 is 10.6 Å².